The highest BCUT2D eigenvalue weighted by molar-refractivity contribution is 5.83. The van der Waals surface area contributed by atoms with Crippen molar-refractivity contribution in [2.45, 2.75) is 51.3 Å². The van der Waals surface area contributed by atoms with E-state index in [1.807, 2.05) is 6.07 Å². The first kappa shape index (κ1) is 14.6. The molecule has 0 aliphatic carbocycles. The van der Waals surface area contributed by atoms with Gasteiger partial charge in [-0.25, -0.2) is 0 Å². The summed E-state index contributed by atoms with van der Waals surface area (Å²) in [5.41, 5.74) is 1.03. The van der Waals surface area contributed by atoms with Crippen molar-refractivity contribution in [3.05, 3.63) is 48.0 Å². The van der Waals surface area contributed by atoms with E-state index in [4.69, 9.17) is 0 Å². The van der Waals surface area contributed by atoms with Crippen molar-refractivity contribution in [3.63, 3.8) is 0 Å². The fourth-order valence-corrected chi connectivity index (χ4v) is 3.55. The first-order chi connectivity index (χ1) is 10.1. The fraction of sp³-hybridized carbons (Fsp3) is 0.474. The summed E-state index contributed by atoms with van der Waals surface area (Å²) in [7, 11) is 0. The first-order valence-electron chi connectivity index (χ1n) is 8.07. The van der Waals surface area contributed by atoms with Gasteiger partial charge in [0.05, 0.1) is 6.10 Å². The Bertz CT molecular complexity index is 599. The molecule has 1 unspecified atom stereocenters. The number of aliphatic hydroxyl groups excluding tert-OH is 1. The third kappa shape index (κ3) is 3.12. The van der Waals surface area contributed by atoms with Gasteiger partial charge in [0.1, 0.15) is 0 Å². The molecule has 21 heavy (non-hydrogen) atoms. The van der Waals surface area contributed by atoms with E-state index in [2.05, 4.69) is 55.1 Å². The molecule has 0 spiro atoms. The molecule has 1 fully saturated rings. The zero-order valence-corrected chi connectivity index (χ0v) is 13.0. The lowest BCUT2D eigenvalue weighted by atomic mass is 9.96. The Morgan fingerprint density at radius 1 is 1.05 bits per heavy atom. The summed E-state index contributed by atoms with van der Waals surface area (Å²) in [6, 6.07) is 15.8. The van der Waals surface area contributed by atoms with E-state index in [1.165, 1.54) is 30.0 Å². The molecule has 0 aromatic heterocycles. The minimum atomic E-state index is -0.405. The highest BCUT2D eigenvalue weighted by Gasteiger charge is 2.26. The van der Waals surface area contributed by atoms with Gasteiger partial charge in [-0.2, -0.15) is 0 Å². The third-order valence-electron chi connectivity index (χ3n) is 4.92. The van der Waals surface area contributed by atoms with E-state index in [0.717, 1.165) is 12.1 Å². The van der Waals surface area contributed by atoms with Crippen LogP contribution in [0, 0.1) is 0 Å². The zero-order chi connectivity index (χ0) is 14.8. The molecule has 1 saturated heterocycles. The molecular formula is C19H25NO. The average molecular weight is 283 g/mol. The van der Waals surface area contributed by atoms with Gasteiger partial charge in [0.2, 0.25) is 0 Å². The number of aliphatic hydroxyl groups is 1. The Hall–Kier alpha value is -1.38. The van der Waals surface area contributed by atoms with Crippen molar-refractivity contribution in [1.82, 2.24) is 4.90 Å². The Morgan fingerprint density at radius 2 is 1.71 bits per heavy atom. The van der Waals surface area contributed by atoms with Gasteiger partial charge in [-0.05, 0) is 49.1 Å². The van der Waals surface area contributed by atoms with Crippen molar-refractivity contribution in [1.29, 1.82) is 0 Å². The number of nitrogens with zero attached hydrogens (tertiary/aromatic N) is 1. The molecule has 0 amide bonds. The van der Waals surface area contributed by atoms with Crippen molar-refractivity contribution < 1.29 is 5.11 Å². The van der Waals surface area contributed by atoms with Gasteiger partial charge in [-0.1, -0.05) is 42.8 Å². The normalized spacial score (nSPS) is 25.1. The molecule has 112 valence electrons. The summed E-state index contributed by atoms with van der Waals surface area (Å²) in [4.78, 5) is 2.46. The molecule has 0 radical (unpaired) electrons. The van der Waals surface area contributed by atoms with Crippen LogP contribution in [0.15, 0.2) is 42.5 Å². The highest BCUT2D eigenvalue weighted by Crippen LogP contribution is 2.27. The Morgan fingerprint density at radius 3 is 2.43 bits per heavy atom. The van der Waals surface area contributed by atoms with Gasteiger partial charge < -0.3 is 5.11 Å². The molecule has 3 atom stereocenters. The second-order valence-corrected chi connectivity index (χ2v) is 6.45. The van der Waals surface area contributed by atoms with E-state index in [0.29, 0.717) is 12.1 Å². The van der Waals surface area contributed by atoms with Gasteiger partial charge in [0.25, 0.3) is 0 Å². The van der Waals surface area contributed by atoms with Crippen LogP contribution < -0.4 is 0 Å². The minimum absolute atomic E-state index is 0.405. The van der Waals surface area contributed by atoms with E-state index < -0.39 is 6.10 Å². The molecule has 1 heterocycles. The summed E-state index contributed by atoms with van der Waals surface area (Å²) >= 11 is 0. The van der Waals surface area contributed by atoms with E-state index >= 15 is 0 Å². The second kappa shape index (κ2) is 6.17. The summed E-state index contributed by atoms with van der Waals surface area (Å²) in [5, 5.41) is 13.1. The van der Waals surface area contributed by atoms with Crippen LogP contribution in [0.1, 0.15) is 44.8 Å². The fourth-order valence-electron chi connectivity index (χ4n) is 3.55. The van der Waals surface area contributed by atoms with Gasteiger partial charge in [0, 0.05) is 18.6 Å². The number of rotatable bonds is 3. The zero-order valence-electron chi connectivity index (χ0n) is 13.0. The van der Waals surface area contributed by atoms with Crippen LogP contribution in [0.2, 0.25) is 0 Å². The number of benzene rings is 2. The molecular weight excluding hydrogens is 258 g/mol. The van der Waals surface area contributed by atoms with Crippen LogP contribution in [0.3, 0.4) is 0 Å². The number of fused-ring (bicyclic) bond motifs is 1. The Kier molecular flexibility index (Phi) is 4.27. The SMILES string of the molecule is C[C@@H]1CCC[C@H](C)N1CC(O)c1ccc2ccccc2c1. The first-order valence-corrected chi connectivity index (χ1v) is 8.07. The predicted octanol–water partition coefficient (Wildman–Crippen LogP) is 4.14. The Balaban J connectivity index is 1.78. The maximum absolute atomic E-state index is 10.6. The lowest BCUT2D eigenvalue weighted by Gasteiger charge is -2.40. The number of hydrogen-bond donors (Lipinski definition) is 1. The maximum Gasteiger partial charge on any atom is 0.0917 e. The largest absolute Gasteiger partial charge is 0.387 e. The molecule has 2 aromatic carbocycles. The van der Waals surface area contributed by atoms with E-state index in [-0.39, 0.29) is 0 Å². The van der Waals surface area contributed by atoms with Crippen LogP contribution in [0.5, 0.6) is 0 Å². The van der Waals surface area contributed by atoms with Crippen molar-refractivity contribution >= 4 is 10.8 Å². The van der Waals surface area contributed by atoms with Crippen LogP contribution in [0.25, 0.3) is 10.8 Å². The molecule has 1 aliphatic rings. The summed E-state index contributed by atoms with van der Waals surface area (Å²) in [6.07, 6.45) is 3.40. The van der Waals surface area contributed by atoms with Gasteiger partial charge in [-0.3, -0.25) is 4.90 Å². The topological polar surface area (TPSA) is 23.5 Å². The summed E-state index contributed by atoms with van der Waals surface area (Å²) < 4.78 is 0. The van der Waals surface area contributed by atoms with Crippen molar-refractivity contribution in [2.24, 2.45) is 0 Å². The number of piperidine rings is 1. The lowest BCUT2D eigenvalue weighted by Crippen LogP contribution is -2.45. The quantitative estimate of drug-likeness (QED) is 0.915. The molecule has 2 heteroatoms. The van der Waals surface area contributed by atoms with Crippen LogP contribution in [-0.4, -0.2) is 28.6 Å². The monoisotopic (exact) mass is 283 g/mol. The molecule has 1 aliphatic heterocycles. The van der Waals surface area contributed by atoms with E-state index in [9.17, 15) is 5.11 Å². The smallest absolute Gasteiger partial charge is 0.0917 e. The molecule has 2 nitrogen and oxygen atoms in total. The van der Waals surface area contributed by atoms with Gasteiger partial charge in [-0.15, -0.1) is 0 Å². The van der Waals surface area contributed by atoms with Gasteiger partial charge >= 0.3 is 0 Å². The summed E-state index contributed by atoms with van der Waals surface area (Å²) in [5.74, 6) is 0. The number of hydrogen-bond acceptors (Lipinski definition) is 2. The van der Waals surface area contributed by atoms with Crippen molar-refractivity contribution in [3.8, 4) is 0 Å². The van der Waals surface area contributed by atoms with Gasteiger partial charge in [0.15, 0.2) is 0 Å². The summed E-state index contributed by atoms with van der Waals surface area (Å²) in [6.45, 7) is 5.30. The molecule has 2 aromatic rings. The molecule has 0 saturated carbocycles. The van der Waals surface area contributed by atoms with Crippen LogP contribution in [0.4, 0.5) is 0 Å². The lowest BCUT2D eigenvalue weighted by molar-refractivity contribution is 0.0412. The predicted molar refractivity (Wildman–Crippen MR) is 88.4 cm³/mol. The number of β-amino-alcohol motifs (C(OH)–C–C–N with tert-alkyl or cyclic N) is 1. The molecule has 0 bridgehead atoms. The Labute approximate surface area is 127 Å². The van der Waals surface area contributed by atoms with Crippen molar-refractivity contribution in [2.75, 3.05) is 6.54 Å². The number of likely N-dealkylation sites (tertiary alicyclic amines) is 1. The molecule has 3 rings (SSSR count). The van der Waals surface area contributed by atoms with Crippen LogP contribution >= 0.6 is 0 Å². The maximum atomic E-state index is 10.6. The highest BCUT2D eigenvalue weighted by atomic mass is 16.3. The standard InChI is InChI=1S/C19H25NO/c1-14-6-5-7-15(2)20(14)13-19(21)18-11-10-16-8-3-4-9-17(16)12-18/h3-4,8-12,14-15,19,21H,5-7,13H2,1-2H3/t14-,15+,19?. The van der Waals surface area contributed by atoms with Crippen LogP contribution in [-0.2, 0) is 0 Å². The average Bonchev–Trinajstić information content (AvgIpc) is 2.50. The van der Waals surface area contributed by atoms with E-state index in [1.54, 1.807) is 0 Å². The second-order valence-electron chi connectivity index (χ2n) is 6.45. The third-order valence-corrected chi connectivity index (χ3v) is 4.92. The molecule has 1 N–H and O–H groups in total. The minimum Gasteiger partial charge on any atom is -0.387 e.